The monoisotopic (exact) mass is 421 g/mol. The van der Waals surface area contributed by atoms with Crippen molar-refractivity contribution in [1.29, 1.82) is 0 Å². The fraction of sp³-hybridized carbons (Fsp3) is 0.217. The van der Waals surface area contributed by atoms with Gasteiger partial charge in [-0.3, -0.25) is 4.79 Å². The largest absolute Gasteiger partial charge is 0.380 e. The highest BCUT2D eigenvalue weighted by atomic mass is 19.1. The molecule has 0 saturated carbocycles. The third-order valence-corrected chi connectivity index (χ3v) is 5.11. The van der Waals surface area contributed by atoms with Crippen LogP contribution in [0.4, 0.5) is 27.3 Å². The Morgan fingerprint density at radius 3 is 2.58 bits per heavy atom. The highest BCUT2D eigenvalue weighted by Gasteiger charge is 2.13. The van der Waals surface area contributed by atoms with Gasteiger partial charge in [0.05, 0.1) is 24.5 Å². The normalized spacial score (nSPS) is 13.6. The van der Waals surface area contributed by atoms with Crippen LogP contribution in [0.15, 0.2) is 60.8 Å². The van der Waals surface area contributed by atoms with Crippen molar-refractivity contribution in [2.45, 2.75) is 6.54 Å². The molecule has 0 bridgehead atoms. The summed E-state index contributed by atoms with van der Waals surface area (Å²) in [6, 6.07) is 16.2. The molecule has 3 aromatic rings. The molecule has 8 heteroatoms. The Hall–Kier alpha value is -3.65. The summed E-state index contributed by atoms with van der Waals surface area (Å²) in [4.78, 5) is 18.4. The van der Waals surface area contributed by atoms with Gasteiger partial charge < -0.3 is 26.0 Å². The maximum absolute atomic E-state index is 13.9. The van der Waals surface area contributed by atoms with Crippen molar-refractivity contribution in [2.24, 2.45) is 5.73 Å². The second-order valence-corrected chi connectivity index (χ2v) is 7.20. The molecular formula is C23H24FN5O2. The van der Waals surface area contributed by atoms with Gasteiger partial charge in [0.2, 0.25) is 0 Å². The van der Waals surface area contributed by atoms with E-state index in [-0.39, 0.29) is 17.9 Å². The molecule has 7 nitrogen and oxygen atoms in total. The molecule has 1 aliphatic rings. The molecule has 0 unspecified atom stereocenters. The zero-order valence-electron chi connectivity index (χ0n) is 17.0. The zero-order chi connectivity index (χ0) is 21.6. The van der Waals surface area contributed by atoms with Crippen molar-refractivity contribution in [3.05, 3.63) is 77.7 Å². The predicted octanol–water partition coefficient (Wildman–Crippen LogP) is 3.51. The molecule has 1 fully saturated rings. The first kappa shape index (κ1) is 20.6. The van der Waals surface area contributed by atoms with Gasteiger partial charge in [0.15, 0.2) is 0 Å². The van der Waals surface area contributed by atoms with Crippen LogP contribution in [0.3, 0.4) is 0 Å². The van der Waals surface area contributed by atoms with Gasteiger partial charge in [-0.15, -0.1) is 0 Å². The fourth-order valence-electron chi connectivity index (χ4n) is 3.42. The van der Waals surface area contributed by atoms with Crippen molar-refractivity contribution < 1.29 is 13.9 Å². The first-order valence-electron chi connectivity index (χ1n) is 10.1. The Labute approximate surface area is 180 Å². The zero-order valence-corrected chi connectivity index (χ0v) is 17.0. The number of ether oxygens (including phenoxy) is 1. The number of hydrogen-bond donors (Lipinski definition) is 3. The summed E-state index contributed by atoms with van der Waals surface area (Å²) in [5.74, 6) is -0.381. The molecule has 0 atom stereocenters. The van der Waals surface area contributed by atoms with E-state index in [4.69, 9.17) is 10.5 Å². The molecule has 4 N–H and O–H groups in total. The third-order valence-electron chi connectivity index (χ3n) is 5.11. The number of primary amides is 1. The lowest BCUT2D eigenvalue weighted by Crippen LogP contribution is -2.36. The van der Waals surface area contributed by atoms with Crippen molar-refractivity contribution in [3.63, 3.8) is 0 Å². The van der Waals surface area contributed by atoms with E-state index in [9.17, 15) is 9.18 Å². The summed E-state index contributed by atoms with van der Waals surface area (Å²) in [7, 11) is 0. The molecule has 0 radical (unpaired) electrons. The van der Waals surface area contributed by atoms with Crippen LogP contribution in [-0.4, -0.2) is 37.2 Å². The lowest BCUT2D eigenvalue weighted by molar-refractivity contribution is 0.100. The minimum atomic E-state index is -0.607. The molecule has 1 amide bonds. The summed E-state index contributed by atoms with van der Waals surface area (Å²) in [5.41, 5.74) is 8.69. The van der Waals surface area contributed by atoms with Gasteiger partial charge in [0.25, 0.3) is 5.91 Å². The summed E-state index contributed by atoms with van der Waals surface area (Å²) >= 11 is 0. The number of hydrogen-bond acceptors (Lipinski definition) is 6. The van der Waals surface area contributed by atoms with Gasteiger partial charge in [-0.25, -0.2) is 9.37 Å². The second-order valence-electron chi connectivity index (χ2n) is 7.20. The van der Waals surface area contributed by atoms with Crippen molar-refractivity contribution in [2.75, 3.05) is 41.8 Å². The highest BCUT2D eigenvalue weighted by Crippen LogP contribution is 2.24. The summed E-state index contributed by atoms with van der Waals surface area (Å²) in [6.07, 6.45) is 1.41. The van der Waals surface area contributed by atoms with Crippen molar-refractivity contribution in [3.8, 4) is 0 Å². The average Bonchev–Trinajstić information content (AvgIpc) is 2.79. The average molecular weight is 421 g/mol. The molecule has 31 heavy (non-hydrogen) atoms. The molecule has 1 aliphatic heterocycles. The second kappa shape index (κ2) is 9.44. The fourth-order valence-corrected chi connectivity index (χ4v) is 3.42. The van der Waals surface area contributed by atoms with Crippen molar-refractivity contribution >= 4 is 28.8 Å². The van der Waals surface area contributed by atoms with E-state index in [1.54, 1.807) is 24.3 Å². The predicted molar refractivity (Wildman–Crippen MR) is 119 cm³/mol. The number of rotatable bonds is 7. The van der Waals surface area contributed by atoms with E-state index >= 15 is 0 Å². The number of nitrogens with two attached hydrogens (primary N) is 1. The Morgan fingerprint density at radius 1 is 1.13 bits per heavy atom. The molecule has 2 heterocycles. The molecule has 1 saturated heterocycles. The standard InChI is InChI=1S/C23H24FN5O2/c24-20-4-2-1-3-16(20)14-26-21-13-22(27-15-19(21)23(25)30)28-17-5-7-18(8-6-17)29-9-11-31-12-10-29/h1-8,13,15H,9-12,14H2,(H2,25,30)(H2,26,27,28). The van der Waals surface area contributed by atoms with E-state index in [0.29, 0.717) is 17.1 Å². The molecule has 2 aromatic carbocycles. The quantitative estimate of drug-likeness (QED) is 0.541. The number of halogens is 1. The molecule has 4 rings (SSSR count). The first-order chi connectivity index (χ1) is 15.1. The minimum absolute atomic E-state index is 0.213. The van der Waals surface area contributed by atoms with E-state index in [1.807, 2.05) is 24.3 Å². The van der Waals surface area contributed by atoms with Crippen LogP contribution < -0.4 is 21.3 Å². The van der Waals surface area contributed by atoms with Gasteiger partial charge in [-0.1, -0.05) is 18.2 Å². The van der Waals surface area contributed by atoms with E-state index in [0.717, 1.165) is 37.7 Å². The maximum Gasteiger partial charge on any atom is 0.252 e. The lowest BCUT2D eigenvalue weighted by atomic mass is 10.1. The molecule has 160 valence electrons. The Morgan fingerprint density at radius 2 is 1.87 bits per heavy atom. The van der Waals surface area contributed by atoms with Crippen molar-refractivity contribution in [1.82, 2.24) is 4.98 Å². The molecule has 1 aromatic heterocycles. The van der Waals surface area contributed by atoms with Crippen LogP contribution in [0, 0.1) is 5.82 Å². The Bertz CT molecular complexity index is 1050. The van der Waals surface area contributed by atoms with Crippen LogP contribution in [0.25, 0.3) is 0 Å². The summed E-state index contributed by atoms with van der Waals surface area (Å²) in [6.45, 7) is 3.43. The van der Waals surface area contributed by atoms with Gasteiger partial charge >= 0.3 is 0 Å². The van der Waals surface area contributed by atoms with Crippen LogP contribution in [0.2, 0.25) is 0 Å². The van der Waals surface area contributed by atoms with Crippen LogP contribution >= 0.6 is 0 Å². The third kappa shape index (κ3) is 5.10. The number of nitrogens with zero attached hydrogens (tertiary/aromatic N) is 2. The number of nitrogens with one attached hydrogen (secondary N) is 2. The van der Waals surface area contributed by atoms with E-state index in [2.05, 4.69) is 20.5 Å². The number of amides is 1. The Balaban J connectivity index is 1.48. The van der Waals surface area contributed by atoms with Gasteiger partial charge in [0, 0.05) is 48.8 Å². The van der Waals surface area contributed by atoms with E-state index in [1.165, 1.54) is 12.3 Å². The molecular weight excluding hydrogens is 397 g/mol. The van der Waals surface area contributed by atoms with Crippen LogP contribution in [-0.2, 0) is 11.3 Å². The number of benzene rings is 2. The van der Waals surface area contributed by atoms with Crippen LogP contribution in [0.1, 0.15) is 15.9 Å². The molecule has 0 spiro atoms. The number of pyridine rings is 1. The Kier molecular flexibility index (Phi) is 6.28. The molecule has 0 aliphatic carbocycles. The van der Waals surface area contributed by atoms with Gasteiger partial charge in [-0.2, -0.15) is 0 Å². The SMILES string of the molecule is NC(=O)c1cnc(Nc2ccc(N3CCOCC3)cc2)cc1NCc1ccccc1F. The topological polar surface area (TPSA) is 92.5 Å². The number of morpholine rings is 1. The number of carbonyl (C=O) groups excluding carboxylic acids is 1. The lowest BCUT2D eigenvalue weighted by Gasteiger charge is -2.28. The summed E-state index contributed by atoms with van der Waals surface area (Å²) in [5, 5.41) is 6.32. The maximum atomic E-state index is 13.9. The van der Waals surface area contributed by atoms with E-state index < -0.39 is 5.91 Å². The van der Waals surface area contributed by atoms with Gasteiger partial charge in [0.1, 0.15) is 11.6 Å². The first-order valence-corrected chi connectivity index (χ1v) is 10.1. The number of aromatic nitrogens is 1. The summed E-state index contributed by atoms with van der Waals surface area (Å²) < 4.78 is 19.3. The number of anilines is 4. The minimum Gasteiger partial charge on any atom is -0.380 e. The smallest absolute Gasteiger partial charge is 0.252 e. The van der Waals surface area contributed by atoms with Gasteiger partial charge in [-0.05, 0) is 30.3 Å². The number of carbonyl (C=O) groups is 1. The van der Waals surface area contributed by atoms with Crippen LogP contribution in [0.5, 0.6) is 0 Å². The highest BCUT2D eigenvalue weighted by molar-refractivity contribution is 5.98.